The number of carbonyl (C=O) groups excluding carboxylic acids is 2. The molecular weight excluding hydrogens is 796 g/mol. The first-order chi connectivity index (χ1) is 28.2. The molecule has 2 aliphatic carbocycles. The number of ether oxygens (including phenoxy) is 3. The van der Waals surface area contributed by atoms with Crippen molar-refractivity contribution in [3.8, 4) is 17.2 Å². The average Bonchev–Trinajstić information content (AvgIpc) is 3.47. The first-order valence-corrected chi connectivity index (χ1v) is 21.8. The first kappa shape index (κ1) is 40.4. The van der Waals surface area contributed by atoms with Crippen LogP contribution in [0.4, 0.5) is 9.18 Å². The van der Waals surface area contributed by atoms with E-state index in [1.807, 2.05) is 38.7 Å². The third kappa shape index (κ3) is 7.24. The number of nitriles is 1. The van der Waals surface area contributed by atoms with E-state index in [0.717, 1.165) is 43.2 Å². The zero-order valence-corrected chi connectivity index (χ0v) is 35.4. The molecule has 2 aromatic carbocycles. The summed E-state index contributed by atoms with van der Waals surface area (Å²) in [6.07, 6.45) is 3.47. The van der Waals surface area contributed by atoms with Gasteiger partial charge in [-0.05, 0) is 96.4 Å². The molecule has 11 nitrogen and oxygen atoms in total. The minimum Gasteiger partial charge on any atom is -0.444 e. The normalized spacial score (nSPS) is 26.0. The van der Waals surface area contributed by atoms with Crippen molar-refractivity contribution in [1.29, 1.82) is 5.26 Å². The van der Waals surface area contributed by atoms with Crippen LogP contribution in [0.3, 0.4) is 0 Å². The van der Waals surface area contributed by atoms with Gasteiger partial charge in [-0.25, -0.2) is 14.2 Å². The van der Waals surface area contributed by atoms with E-state index < -0.39 is 36.0 Å². The molecule has 59 heavy (non-hydrogen) atoms. The molecule has 312 valence electrons. The van der Waals surface area contributed by atoms with E-state index in [1.165, 1.54) is 0 Å². The number of hydrogen-bond acceptors (Lipinski definition) is 8. The van der Waals surface area contributed by atoms with Crippen molar-refractivity contribution in [3.63, 3.8) is 0 Å². The molecule has 0 spiro atoms. The number of likely N-dealkylation sites (tertiary alicyclic amines) is 1. The largest absolute Gasteiger partial charge is 0.444 e. The molecule has 2 amide bonds. The highest BCUT2D eigenvalue weighted by Gasteiger charge is 2.57. The first-order valence-electron chi connectivity index (χ1n) is 21.0. The van der Waals surface area contributed by atoms with E-state index in [4.69, 9.17) is 42.4 Å². The Morgan fingerprint density at radius 3 is 2.61 bits per heavy atom. The molecule has 4 aliphatic heterocycles. The van der Waals surface area contributed by atoms with Crippen LogP contribution in [-0.4, -0.2) is 80.2 Å². The molecule has 7 atom stereocenters. The fraction of sp³-hybridized carbons (Fsp3) is 0.556. The van der Waals surface area contributed by atoms with Gasteiger partial charge < -0.3 is 33.7 Å². The number of benzene rings is 2. The number of fused-ring (bicyclic) bond motifs is 4. The van der Waals surface area contributed by atoms with Crippen molar-refractivity contribution in [2.24, 2.45) is 11.8 Å². The van der Waals surface area contributed by atoms with Gasteiger partial charge >= 0.3 is 6.09 Å². The topological polar surface area (TPSA) is 130 Å². The maximum absolute atomic E-state index is 17.8. The van der Waals surface area contributed by atoms with Crippen molar-refractivity contribution >= 4 is 57.0 Å². The molecule has 6 heterocycles. The van der Waals surface area contributed by atoms with E-state index in [9.17, 15) is 20.0 Å². The summed E-state index contributed by atoms with van der Waals surface area (Å²) >= 11 is 13.3. The molecule has 14 heteroatoms. The Bertz CT molecular complexity index is 2380. The lowest BCUT2D eigenvalue weighted by Gasteiger charge is -2.40. The summed E-state index contributed by atoms with van der Waals surface area (Å²) in [5.41, 5.74) is 2.59. The number of pyridine rings is 1. The molecule has 2 aromatic heterocycles. The Labute approximate surface area is 353 Å². The van der Waals surface area contributed by atoms with Gasteiger partial charge in [0.25, 0.3) is 0 Å². The molecule has 1 unspecified atom stereocenters. The molecular formula is C45H50Cl2FN5O6. The summed E-state index contributed by atoms with van der Waals surface area (Å²) in [5.74, 6) is -0.604. The summed E-state index contributed by atoms with van der Waals surface area (Å²) in [6.45, 7) is 8.72. The number of halogens is 3. The van der Waals surface area contributed by atoms with Gasteiger partial charge in [-0.15, -0.1) is 0 Å². The van der Waals surface area contributed by atoms with Gasteiger partial charge in [-0.3, -0.25) is 4.79 Å². The van der Waals surface area contributed by atoms with Crippen LogP contribution in [0.25, 0.3) is 32.9 Å². The fourth-order valence-corrected chi connectivity index (χ4v) is 10.4. The van der Waals surface area contributed by atoms with E-state index >= 15 is 4.39 Å². The van der Waals surface area contributed by atoms with Gasteiger partial charge in [0.15, 0.2) is 12.1 Å². The van der Waals surface area contributed by atoms with Gasteiger partial charge in [0.2, 0.25) is 5.91 Å². The van der Waals surface area contributed by atoms with Crippen LogP contribution in [0.2, 0.25) is 10.0 Å². The van der Waals surface area contributed by atoms with Crippen LogP contribution >= 0.6 is 23.2 Å². The third-order valence-corrected chi connectivity index (χ3v) is 13.6. The number of β-amino-alcohol motifs (C(OH)–C–C–N with tert-alkyl or cyclic N) is 1. The lowest BCUT2D eigenvalue weighted by molar-refractivity contribution is -0.186. The second-order valence-corrected chi connectivity index (χ2v) is 18.8. The van der Waals surface area contributed by atoms with Gasteiger partial charge in [0.1, 0.15) is 17.2 Å². The Morgan fingerprint density at radius 1 is 1.10 bits per heavy atom. The molecule has 6 aliphatic rings. The number of aryl methyl sites for hydroxylation is 1. The van der Waals surface area contributed by atoms with Gasteiger partial charge in [0.05, 0.1) is 51.6 Å². The second-order valence-electron chi connectivity index (χ2n) is 18.0. The highest BCUT2D eigenvalue weighted by Crippen LogP contribution is 2.55. The Hall–Kier alpha value is -3.99. The van der Waals surface area contributed by atoms with Gasteiger partial charge in [-0.1, -0.05) is 35.3 Å². The molecule has 6 fully saturated rings. The molecule has 4 aromatic rings. The minimum atomic E-state index is -0.731. The molecule has 4 saturated heterocycles. The monoisotopic (exact) mass is 845 g/mol. The smallest absolute Gasteiger partial charge is 0.410 e. The molecule has 10 rings (SSSR count). The lowest BCUT2D eigenvalue weighted by atomic mass is 9.79. The maximum atomic E-state index is 17.8. The molecule has 2 bridgehead atoms. The lowest BCUT2D eigenvalue weighted by Crippen LogP contribution is -2.45. The predicted molar refractivity (Wildman–Crippen MR) is 221 cm³/mol. The second kappa shape index (κ2) is 15.5. The minimum absolute atomic E-state index is 0.0255. The van der Waals surface area contributed by atoms with Crippen LogP contribution in [0.15, 0.2) is 30.3 Å². The summed E-state index contributed by atoms with van der Waals surface area (Å²) < 4.78 is 38.5. The van der Waals surface area contributed by atoms with E-state index in [2.05, 4.69) is 16.7 Å². The average molecular weight is 847 g/mol. The zero-order chi connectivity index (χ0) is 41.5. The van der Waals surface area contributed by atoms with E-state index in [-0.39, 0.29) is 76.4 Å². The van der Waals surface area contributed by atoms with Crippen molar-refractivity contribution < 1.29 is 33.3 Å². The fourth-order valence-electron chi connectivity index (χ4n) is 9.96. The SMILES string of the molecule is C[C@@H](OC1CCCCO1)c1nc2c(F)c(-c3cccc(Cl)c3Cl)c(CCC#N)cc2c2c1cc([C@H]1C[C@@H](O)CN1C(=O)C1CC1)n2[C@H]1[C@@H]2C[C@H]1N(C(=O)OC(C)(C)C)C2. The summed E-state index contributed by atoms with van der Waals surface area (Å²) in [6, 6.07) is 10.3. The van der Waals surface area contributed by atoms with E-state index in [1.54, 1.807) is 23.1 Å². The number of nitrogens with zero attached hydrogens (tertiary/aromatic N) is 5. The highest BCUT2D eigenvalue weighted by atomic mass is 35.5. The molecule has 1 N–H and O–H groups in total. The van der Waals surface area contributed by atoms with Crippen molar-refractivity contribution in [3.05, 3.63) is 63.1 Å². The summed E-state index contributed by atoms with van der Waals surface area (Å²) in [4.78, 5) is 36.4. The highest BCUT2D eigenvalue weighted by molar-refractivity contribution is 6.43. The Morgan fingerprint density at radius 2 is 1.90 bits per heavy atom. The zero-order valence-electron chi connectivity index (χ0n) is 33.8. The van der Waals surface area contributed by atoms with Crippen LogP contribution in [0.5, 0.6) is 0 Å². The van der Waals surface area contributed by atoms with Gasteiger partial charge in [0, 0.05) is 72.0 Å². The molecule has 2 saturated carbocycles. The van der Waals surface area contributed by atoms with Crippen LogP contribution in [-0.2, 0) is 25.4 Å². The van der Waals surface area contributed by atoms with Crippen LogP contribution < -0.4 is 0 Å². The van der Waals surface area contributed by atoms with Gasteiger partial charge in [-0.2, -0.15) is 5.26 Å². The Kier molecular flexibility index (Phi) is 10.6. The number of hydrogen-bond donors (Lipinski definition) is 1. The summed E-state index contributed by atoms with van der Waals surface area (Å²) in [5, 5.41) is 22.7. The van der Waals surface area contributed by atoms with Crippen molar-refractivity contribution in [2.45, 2.75) is 128 Å². The van der Waals surface area contributed by atoms with Crippen LogP contribution in [0, 0.1) is 29.0 Å². The maximum Gasteiger partial charge on any atom is 0.410 e. The standard InChI is InChI=1S/C45H50Cl2FN5O6/c1-23(58-35-12-5-6-16-57-35)39-30-20-33(32-19-27(54)22-51(32)43(55)24-13-14-24)53(41-26-18-34(41)52(21-26)44(56)59-45(2,3)4)42(30)29-17-25(9-8-15-49)36(38(48)40(29)50-39)28-10-7-11-31(46)37(28)47/h7,10-11,17,20,23-24,26-27,32,34-35,41,54H,5-6,8-9,12-14,16,18-19,21-22H2,1-4H3/t23-,26-,27-,32-,34-,35?,41+/m1/s1. The predicted octanol–water partition coefficient (Wildman–Crippen LogP) is 9.59. The molecule has 0 radical (unpaired) electrons. The van der Waals surface area contributed by atoms with Crippen molar-refractivity contribution in [1.82, 2.24) is 19.4 Å². The quantitative estimate of drug-likeness (QED) is 0.176. The number of rotatable bonds is 9. The van der Waals surface area contributed by atoms with Crippen molar-refractivity contribution in [2.75, 3.05) is 19.7 Å². The number of aliphatic hydroxyl groups is 1. The Balaban J connectivity index is 1.32. The number of amides is 2. The number of aliphatic hydroxyl groups excluding tert-OH is 1. The van der Waals surface area contributed by atoms with E-state index in [0.29, 0.717) is 53.7 Å². The summed E-state index contributed by atoms with van der Waals surface area (Å²) in [7, 11) is 0. The number of aromatic nitrogens is 2. The third-order valence-electron chi connectivity index (χ3n) is 12.8. The number of carbonyl (C=O) groups is 2. The van der Waals surface area contributed by atoms with Crippen LogP contribution in [0.1, 0.15) is 114 Å².